The van der Waals surface area contributed by atoms with Crippen molar-refractivity contribution in [3.63, 3.8) is 0 Å². The Morgan fingerprint density at radius 3 is 2.62 bits per heavy atom. The third-order valence-electron chi connectivity index (χ3n) is 6.08. The summed E-state index contributed by atoms with van der Waals surface area (Å²) in [7, 11) is 0. The van der Waals surface area contributed by atoms with E-state index in [0.29, 0.717) is 22.5 Å². The molecule has 0 aliphatic carbocycles. The molecule has 4 rings (SSSR count). The van der Waals surface area contributed by atoms with Crippen LogP contribution in [0.15, 0.2) is 64.9 Å². The molecular weight excluding hydrogens is 420 g/mol. The van der Waals surface area contributed by atoms with Crippen LogP contribution in [0.1, 0.15) is 37.8 Å². The average Bonchev–Trinajstić information content (AvgIpc) is 2.79. The molecule has 2 aliphatic rings. The van der Waals surface area contributed by atoms with Crippen molar-refractivity contribution in [3.8, 4) is 6.07 Å². The summed E-state index contributed by atoms with van der Waals surface area (Å²) in [6, 6.07) is 16.0. The van der Waals surface area contributed by atoms with Gasteiger partial charge in [-0.05, 0) is 81.0 Å². The maximum absolute atomic E-state index is 11.5. The van der Waals surface area contributed by atoms with Crippen LogP contribution in [0.4, 0.5) is 11.4 Å². The number of nitrogens with zero attached hydrogens (tertiary/aromatic N) is 4. The van der Waals surface area contributed by atoms with Crippen molar-refractivity contribution in [2.45, 2.75) is 33.1 Å². The maximum Gasteiger partial charge on any atom is 0.151 e. The van der Waals surface area contributed by atoms with Crippen molar-refractivity contribution in [2.75, 3.05) is 22.9 Å². The van der Waals surface area contributed by atoms with Gasteiger partial charge in [0.1, 0.15) is 11.5 Å². The highest BCUT2D eigenvalue weighted by molar-refractivity contribution is 6.33. The fourth-order valence-electron chi connectivity index (χ4n) is 4.55. The Labute approximate surface area is 193 Å². The molecule has 0 saturated carbocycles. The lowest BCUT2D eigenvalue weighted by atomic mass is 9.89. The minimum Gasteiger partial charge on any atom is -0.370 e. The van der Waals surface area contributed by atoms with E-state index in [9.17, 15) is 4.79 Å². The second kappa shape index (κ2) is 9.44. The molecule has 2 aromatic rings. The Hall–Kier alpha value is -3.32. The number of rotatable bonds is 4. The van der Waals surface area contributed by atoms with E-state index in [1.807, 2.05) is 56.2 Å². The lowest BCUT2D eigenvalue weighted by molar-refractivity contribution is 0.404. The zero-order valence-corrected chi connectivity index (χ0v) is 19.1. The minimum absolute atomic E-state index is 0.431. The number of allylic oxidation sites excluding steroid dienone is 2. The minimum atomic E-state index is 0.431. The fourth-order valence-corrected chi connectivity index (χ4v) is 4.84. The molecule has 2 aromatic carbocycles. The molecule has 0 spiro atoms. The summed E-state index contributed by atoms with van der Waals surface area (Å²) in [6.07, 6.45) is 4.87. The van der Waals surface area contributed by atoms with Crippen LogP contribution in [0.3, 0.4) is 0 Å². The number of anilines is 2. The van der Waals surface area contributed by atoms with Crippen LogP contribution >= 0.6 is 11.6 Å². The number of nitriles is 1. The fraction of sp³-hybridized carbons (Fsp3) is 0.308. The molecule has 1 saturated heterocycles. The van der Waals surface area contributed by atoms with Gasteiger partial charge in [-0.3, -0.25) is 4.90 Å². The summed E-state index contributed by atoms with van der Waals surface area (Å²) >= 11 is 6.69. The first-order valence-corrected chi connectivity index (χ1v) is 11.2. The van der Waals surface area contributed by atoms with E-state index in [1.165, 1.54) is 5.56 Å². The molecule has 0 N–H and O–H groups in total. The summed E-state index contributed by atoms with van der Waals surface area (Å²) < 4.78 is 0. The van der Waals surface area contributed by atoms with E-state index >= 15 is 0 Å². The van der Waals surface area contributed by atoms with E-state index in [1.54, 1.807) is 11.0 Å². The van der Waals surface area contributed by atoms with Crippen LogP contribution < -0.4 is 9.80 Å². The molecule has 0 radical (unpaired) electrons. The normalized spacial score (nSPS) is 16.9. The van der Waals surface area contributed by atoms with Crippen molar-refractivity contribution in [3.05, 3.63) is 76.1 Å². The molecule has 0 atom stereocenters. The van der Waals surface area contributed by atoms with Crippen molar-refractivity contribution in [1.82, 2.24) is 0 Å². The third-order valence-corrected chi connectivity index (χ3v) is 6.38. The van der Waals surface area contributed by atoms with Crippen LogP contribution in [0.5, 0.6) is 0 Å². The highest BCUT2D eigenvalue weighted by Gasteiger charge is 2.24. The van der Waals surface area contributed by atoms with Gasteiger partial charge in [0.2, 0.25) is 0 Å². The number of carbonyl (C=O) groups excluding carboxylic acids is 1. The van der Waals surface area contributed by atoms with E-state index in [0.717, 1.165) is 55.0 Å². The quantitative estimate of drug-likeness (QED) is 0.582. The molecule has 2 aliphatic heterocycles. The molecular formula is C26H25ClN4O. The first-order chi connectivity index (χ1) is 15.5. The largest absolute Gasteiger partial charge is 0.370 e. The monoisotopic (exact) mass is 444 g/mol. The van der Waals surface area contributed by atoms with Gasteiger partial charge in [-0.25, -0.2) is 9.79 Å². The summed E-state index contributed by atoms with van der Waals surface area (Å²) in [6.45, 7) is 5.60. The molecule has 0 unspecified atom stereocenters. The van der Waals surface area contributed by atoms with Crippen molar-refractivity contribution in [1.29, 1.82) is 5.26 Å². The molecule has 2 heterocycles. The topological polar surface area (TPSA) is 59.7 Å². The Morgan fingerprint density at radius 1 is 1.16 bits per heavy atom. The average molecular weight is 445 g/mol. The molecule has 1 fully saturated rings. The molecule has 6 heteroatoms. The predicted octanol–water partition coefficient (Wildman–Crippen LogP) is 5.53. The first-order valence-electron chi connectivity index (χ1n) is 10.8. The predicted molar refractivity (Wildman–Crippen MR) is 130 cm³/mol. The van der Waals surface area contributed by atoms with E-state index in [2.05, 4.69) is 22.0 Å². The second-order valence-electron chi connectivity index (χ2n) is 8.35. The van der Waals surface area contributed by atoms with E-state index < -0.39 is 0 Å². The number of piperidine rings is 1. The lowest BCUT2D eigenvalue weighted by Gasteiger charge is -2.35. The summed E-state index contributed by atoms with van der Waals surface area (Å²) in [5.41, 5.74) is 4.97. The Bertz CT molecular complexity index is 1180. The van der Waals surface area contributed by atoms with Crippen LogP contribution in [-0.4, -0.2) is 24.9 Å². The number of hydrogen-bond acceptors (Lipinski definition) is 5. The van der Waals surface area contributed by atoms with Gasteiger partial charge < -0.3 is 4.90 Å². The molecule has 162 valence electrons. The Balaban J connectivity index is 1.44. The summed E-state index contributed by atoms with van der Waals surface area (Å²) in [5.74, 6) is 3.32. The lowest BCUT2D eigenvalue weighted by Crippen LogP contribution is -2.34. The van der Waals surface area contributed by atoms with Gasteiger partial charge in [0.25, 0.3) is 0 Å². The van der Waals surface area contributed by atoms with Gasteiger partial charge in [0, 0.05) is 24.5 Å². The summed E-state index contributed by atoms with van der Waals surface area (Å²) in [4.78, 5) is 20.0. The molecule has 32 heavy (non-hydrogen) atoms. The van der Waals surface area contributed by atoms with E-state index in [-0.39, 0.29) is 0 Å². The molecule has 0 aromatic heterocycles. The standard InChI is InChI=1S/C26H25ClN4O/c1-18-12-24(17-32)31(19(2)29-18)23-6-7-26(25(27)15-23)30-10-8-20(9-11-30)13-21-4-3-5-22(14-21)16-28/h3-7,12,14-15,20H,8-11,13H2,1-2H3. The number of amidine groups is 1. The van der Waals surface area contributed by atoms with Crippen molar-refractivity contribution < 1.29 is 4.79 Å². The van der Waals surface area contributed by atoms with E-state index in [4.69, 9.17) is 16.9 Å². The Kier molecular flexibility index (Phi) is 6.46. The highest BCUT2D eigenvalue weighted by atomic mass is 35.5. The van der Waals surface area contributed by atoms with Gasteiger partial charge in [-0.1, -0.05) is 23.7 Å². The SMILES string of the molecule is CC1=CC(=C=O)N(c2ccc(N3CCC(Cc4cccc(C#N)c4)CC3)c(Cl)c2)C(C)=N1. The van der Waals surface area contributed by atoms with Crippen molar-refractivity contribution >= 4 is 34.8 Å². The van der Waals surface area contributed by atoms with Gasteiger partial charge in [-0.2, -0.15) is 5.26 Å². The van der Waals surface area contributed by atoms with Crippen LogP contribution in [-0.2, 0) is 11.2 Å². The number of hydrogen-bond donors (Lipinski definition) is 0. The third kappa shape index (κ3) is 4.62. The molecule has 5 nitrogen and oxygen atoms in total. The van der Waals surface area contributed by atoms with Crippen LogP contribution in [0.2, 0.25) is 5.02 Å². The number of halogens is 1. The number of benzene rings is 2. The second-order valence-corrected chi connectivity index (χ2v) is 8.76. The summed E-state index contributed by atoms with van der Waals surface area (Å²) in [5, 5.41) is 9.77. The first kappa shape index (κ1) is 21.9. The number of aliphatic imine (C=N–C) groups is 1. The van der Waals surface area contributed by atoms with Crippen LogP contribution in [0.25, 0.3) is 0 Å². The smallest absolute Gasteiger partial charge is 0.151 e. The molecule has 0 bridgehead atoms. The van der Waals surface area contributed by atoms with Gasteiger partial charge >= 0.3 is 0 Å². The zero-order chi connectivity index (χ0) is 22.7. The van der Waals surface area contributed by atoms with Gasteiger partial charge in [0.05, 0.1) is 22.3 Å². The zero-order valence-electron chi connectivity index (χ0n) is 18.3. The van der Waals surface area contributed by atoms with Gasteiger partial charge in [-0.15, -0.1) is 0 Å². The highest BCUT2D eigenvalue weighted by Crippen LogP contribution is 2.35. The molecule has 0 amide bonds. The van der Waals surface area contributed by atoms with Crippen molar-refractivity contribution in [2.24, 2.45) is 10.9 Å². The maximum atomic E-state index is 11.5. The van der Waals surface area contributed by atoms with Gasteiger partial charge in [0.15, 0.2) is 5.94 Å². The van der Waals surface area contributed by atoms with Crippen LogP contribution in [0, 0.1) is 17.2 Å². The Morgan fingerprint density at radius 2 is 1.94 bits per heavy atom.